The Bertz CT molecular complexity index is 274. The SMILES string of the molecule is C=CC(O[SiH2]OCCC)c1ccccc1. The molecule has 0 spiro atoms. The molecule has 3 heteroatoms. The standard InChI is InChI=1S/C12H18O2Si/c1-3-10-13-15-14-12(4-2)11-8-6-5-7-9-11/h4-9,12H,2-3,10,15H2,1H3. The molecule has 0 saturated carbocycles. The van der Waals surface area contributed by atoms with Crippen LogP contribution in [0.5, 0.6) is 0 Å². The van der Waals surface area contributed by atoms with Crippen molar-refractivity contribution < 1.29 is 8.85 Å². The topological polar surface area (TPSA) is 18.5 Å². The zero-order chi connectivity index (χ0) is 10.9. The molecule has 0 radical (unpaired) electrons. The van der Waals surface area contributed by atoms with Crippen LogP contribution in [0.1, 0.15) is 25.0 Å². The average Bonchev–Trinajstić information content (AvgIpc) is 2.30. The normalized spacial score (nSPS) is 13.1. The van der Waals surface area contributed by atoms with Crippen LogP contribution in [0.2, 0.25) is 0 Å². The number of hydrogen-bond donors (Lipinski definition) is 0. The Hall–Kier alpha value is -0.903. The lowest BCUT2D eigenvalue weighted by molar-refractivity contribution is 0.187. The molecule has 0 aliphatic rings. The van der Waals surface area contributed by atoms with Crippen LogP contribution in [-0.4, -0.2) is 16.6 Å². The molecule has 0 bridgehead atoms. The van der Waals surface area contributed by atoms with Gasteiger partial charge in [0, 0.05) is 6.61 Å². The molecule has 1 aromatic rings. The monoisotopic (exact) mass is 222 g/mol. The van der Waals surface area contributed by atoms with Crippen LogP contribution in [0.15, 0.2) is 43.0 Å². The van der Waals surface area contributed by atoms with Crippen molar-refractivity contribution in [3.63, 3.8) is 0 Å². The van der Waals surface area contributed by atoms with E-state index in [0.29, 0.717) is 0 Å². The van der Waals surface area contributed by atoms with Gasteiger partial charge in [0.25, 0.3) is 0 Å². The average molecular weight is 222 g/mol. The van der Waals surface area contributed by atoms with Crippen molar-refractivity contribution in [1.82, 2.24) is 0 Å². The van der Waals surface area contributed by atoms with E-state index in [1.54, 1.807) is 0 Å². The maximum atomic E-state index is 5.68. The number of benzene rings is 1. The maximum Gasteiger partial charge on any atom is 0.305 e. The Balaban J connectivity index is 2.39. The molecule has 1 aromatic carbocycles. The van der Waals surface area contributed by atoms with Crippen molar-refractivity contribution >= 4 is 10.0 Å². The summed E-state index contributed by atoms with van der Waals surface area (Å²) in [5.41, 5.74) is 1.14. The molecular weight excluding hydrogens is 204 g/mol. The van der Waals surface area contributed by atoms with Gasteiger partial charge in [-0.2, -0.15) is 0 Å². The fourth-order valence-electron chi connectivity index (χ4n) is 1.27. The van der Waals surface area contributed by atoms with Gasteiger partial charge in [0.05, 0.1) is 6.10 Å². The Kier molecular flexibility index (Phi) is 6.00. The highest BCUT2D eigenvalue weighted by molar-refractivity contribution is 6.18. The van der Waals surface area contributed by atoms with E-state index in [1.165, 1.54) is 0 Å². The Morgan fingerprint density at radius 1 is 1.40 bits per heavy atom. The highest BCUT2D eigenvalue weighted by Gasteiger charge is 2.06. The van der Waals surface area contributed by atoms with Crippen molar-refractivity contribution in [1.29, 1.82) is 0 Å². The summed E-state index contributed by atoms with van der Waals surface area (Å²) in [5, 5.41) is 0. The first-order valence-corrected chi connectivity index (χ1v) is 6.40. The van der Waals surface area contributed by atoms with Crippen LogP contribution in [0.4, 0.5) is 0 Å². The van der Waals surface area contributed by atoms with E-state index >= 15 is 0 Å². The van der Waals surface area contributed by atoms with Crippen LogP contribution in [-0.2, 0) is 8.85 Å². The summed E-state index contributed by atoms with van der Waals surface area (Å²) in [4.78, 5) is 0. The van der Waals surface area contributed by atoms with Crippen LogP contribution < -0.4 is 0 Å². The molecule has 1 atom stereocenters. The Morgan fingerprint density at radius 3 is 2.73 bits per heavy atom. The first kappa shape index (κ1) is 12.2. The minimum absolute atomic E-state index is 0.0188. The molecule has 0 aromatic heterocycles. The van der Waals surface area contributed by atoms with E-state index in [2.05, 4.69) is 13.5 Å². The second-order valence-electron chi connectivity index (χ2n) is 3.26. The van der Waals surface area contributed by atoms with E-state index in [9.17, 15) is 0 Å². The van der Waals surface area contributed by atoms with E-state index in [1.807, 2.05) is 36.4 Å². The van der Waals surface area contributed by atoms with Crippen molar-refractivity contribution in [2.24, 2.45) is 0 Å². The first-order valence-electron chi connectivity index (χ1n) is 5.25. The molecule has 1 rings (SSSR count). The molecule has 2 nitrogen and oxygen atoms in total. The van der Waals surface area contributed by atoms with Crippen LogP contribution >= 0.6 is 0 Å². The Labute approximate surface area is 94.0 Å². The summed E-state index contributed by atoms with van der Waals surface area (Å²) in [6.07, 6.45) is 2.84. The minimum Gasteiger partial charge on any atom is -0.399 e. The molecule has 0 aliphatic carbocycles. The van der Waals surface area contributed by atoms with Gasteiger partial charge in [0.15, 0.2) is 0 Å². The summed E-state index contributed by atoms with van der Waals surface area (Å²) in [5.74, 6) is 0. The quantitative estimate of drug-likeness (QED) is 0.400. The smallest absolute Gasteiger partial charge is 0.305 e. The molecule has 0 aliphatic heterocycles. The lowest BCUT2D eigenvalue weighted by Gasteiger charge is -2.14. The summed E-state index contributed by atoms with van der Waals surface area (Å²) < 4.78 is 11.1. The molecule has 82 valence electrons. The van der Waals surface area contributed by atoms with Gasteiger partial charge in [-0.05, 0) is 12.0 Å². The third kappa shape index (κ3) is 4.42. The second kappa shape index (κ2) is 7.40. The molecule has 0 amide bonds. The van der Waals surface area contributed by atoms with Gasteiger partial charge in [-0.3, -0.25) is 0 Å². The lowest BCUT2D eigenvalue weighted by Crippen LogP contribution is -2.09. The number of hydrogen-bond acceptors (Lipinski definition) is 2. The molecule has 0 fully saturated rings. The van der Waals surface area contributed by atoms with Gasteiger partial charge in [0.1, 0.15) is 0 Å². The fraction of sp³-hybridized carbons (Fsp3) is 0.333. The van der Waals surface area contributed by atoms with Gasteiger partial charge < -0.3 is 8.85 Å². The van der Waals surface area contributed by atoms with E-state index < -0.39 is 10.0 Å². The molecule has 0 N–H and O–H groups in total. The Morgan fingerprint density at radius 2 is 2.13 bits per heavy atom. The van der Waals surface area contributed by atoms with Crippen LogP contribution in [0.3, 0.4) is 0 Å². The van der Waals surface area contributed by atoms with Crippen LogP contribution in [0.25, 0.3) is 0 Å². The predicted molar refractivity (Wildman–Crippen MR) is 65.3 cm³/mol. The maximum absolute atomic E-state index is 5.68. The third-order valence-electron chi connectivity index (χ3n) is 2.02. The molecular formula is C12H18O2Si. The van der Waals surface area contributed by atoms with Crippen molar-refractivity contribution in [3.8, 4) is 0 Å². The van der Waals surface area contributed by atoms with E-state index in [0.717, 1.165) is 18.6 Å². The van der Waals surface area contributed by atoms with Crippen LogP contribution in [0, 0.1) is 0 Å². The van der Waals surface area contributed by atoms with Gasteiger partial charge >= 0.3 is 10.0 Å². The summed E-state index contributed by atoms with van der Waals surface area (Å²) in [6, 6.07) is 10.1. The van der Waals surface area contributed by atoms with Gasteiger partial charge in [-0.25, -0.2) is 0 Å². The minimum atomic E-state index is -0.873. The molecule has 1 unspecified atom stereocenters. The fourth-order valence-corrected chi connectivity index (χ4v) is 2.25. The van der Waals surface area contributed by atoms with Gasteiger partial charge in [0.2, 0.25) is 0 Å². The second-order valence-corrected chi connectivity index (χ2v) is 4.24. The first-order chi connectivity index (χ1) is 7.38. The third-order valence-corrected chi connectivity index (χ3v) is 2.97. The highest BCUT2D eigenvalue weighted by atomic mass is 28.3. The van der Waals surface area contributed by atoms with E-state index in [4.69, 9.17) is 8.85 Å². The van der Waals surface area contributed by atoms with E-state index in [-0.39, 0.29) is 6.10 Å². The lowest BCUT2D eigenvalue weighted by atomic mass is 10.1. The zero-order valence-corrected chi connectivity index (χ0v) is 10.6. The molecule has 0 heterocycles. The summed E-state index contributed by atoms with van der Waals surface area (Å²) in [7, 11) is -0.873. The van der Waals surface area contributed by atoms with Crippen molar-refractivity contribution in [3.05, 3.63) is 48.6 Å². The predicted octanol–water partition coefficient (Wildman–Crippen LogP) is 2.36. The highest BCUT2D eigenvalue weighted by Crippen LogP contribution is 2.16. The summed E-state index contributed by atoms with van der Waals surface area (Å²) >= 11 is 0. The molecule has 15 heavy (non-hydrogen) atoms. The van der Waals surface area contributed by atoms with Gasteiger partial charge in [-0.15, -0.1) is 6.58 Å². The zero-order valence-electron chi connectivity index (χ0n) is 9.19. The number of rotatable bonds is 7. The molecule has 0 saturated heterocycles. The summed E-state index contributed by atoms with van der Waals surface area (Å²) in [6.45, 7) is 6.67. The van der Waals surface area contributed by atoms with Crippen molar-refractivity contribution in [2.45, 2.75) is 19.4 Å². The van der Waals surface area contributed by atoms with Gasteiger partial charge in [-0.1, -0.05) is 43.3 Å². The largest absolute Gasteiger partial charge is 0.399 e. The van der Waals surface area contributed by atoms with Crippen molar-refractivity contribution in [2.75, 3.05) is 6.61 Å².